The highest BCUT2D eigenvalue weighted by Gasteiger charge is 2.37. The van der Waals surface area contributed by atoms with E-state index in [1.54, 1.807) is 0 Å². The van der Waals surface area contributed by atoms with Crippen LogP contribution in [0.2, 0.25) is 0 Å². The Morgan fingerprint density at radius 2 is 1.88 bits per heavy atom. The normalized spacial score (nSPS) is 33.6. The van der Waals surface area contributed by atoms with Crippen LogP contribution in [0, 0.1) is 6.92 Å². The number of aliphatic hydroxyl groups excluding tert-OH is 3. The lowest BCUT2D eigenvalue weighted by molar-refractivity contribution is -0.179. The standard InChI is InChI=1S/C13H18O4/c1-8-2-4-9(5-3-8)13-12(16)11(15)6-10(7-14)17-13/h2-5,10-16H,6-7H2,1H3/t10-,11-,12-,13?/m0/s1. The van der Waals surface area contributed by atoms with Gasteiger partial charge in [0.15, 0.2) is 0 Å². The Labute approximate surface area is 100 Å². The summed E-state index contributed by atoms with van der Waals surface area (Å²) >= 11 is 0. The summed E-state index contributed by atoms with van der Waals surface area (Å²) in [7, 11) is 0. The summed E-state index contributed by atoms with van der Waals surface area (Å²) in [4.78, 5) is 0. The summed E-state index contributed by atoms with van der Waals surface area (Å²) in [6.45, 7) is 1.83. The molecular formula is C13H18O4. The Morgan fingerprint density at radius 3 is 2.47 bits per heavy atom. The van der Waals surface area contributed by atoms with Crippen LogP contribution in [0.15, 0.2) is 24.3 Å². The van der Waals surface area contributed by atoms with Crippen LogP contribution in [-0.2, 0) is 4.74 Å². The lowest BCUT2D eigenvalue weighted by Gasteiger charge is -2.36. The van der Waals surface area contributed by atoms with E-state index >= 15 is 0 Å². The molecule has 0 saturated carbocycles. The Morgan fingerprint density at radius 1 is 1.24 bits per heavy atom. The van der Waals surface area contributed by atoms with Gasteiger partial charge in [-0.05, 0) is 12.5 Å². The van der Waals surface area contributed by atoms with Crippen molar-refractivity contribution in [2.24, 2.45) is 0 Å². The molecule has 1 unspecified atom stereocenters. The third kappa shape index (κ3) is 2.66. The van der Waals surface area contributed by atoms with E-state index in [2.05, 4.69) is 0 Å². The fourth-order valence-corrected chi connectivity index (χ4v) is 2.10. The molecule has 4 nitrogen and oxygen atoms in total. The van der Waals surface area contributed by atoms with Gasteiger partial charge in [0.05, 0.1) is 18.8 Å². The van der Waals surface area contributed by atoms with E-state index in [0.717, 1.165) is 11.1 Å². The van der Waals surface area contributed by atoms with Gasteiger partial charge < -0.3 is 20.1 Å². The number of hydrogen-bond acceptors (Lipinski definition) is 4. The van der Waals surface area contributed by atoms with Crippen molar-refractivity contribution in [2.75, 3.05) is 6.61 Å². The number of ether oxygens (including phenoxy) is 1. The van der Waals surface area contributed by atoms with Crippen molar-refractivity contribution >= 4 is 0 Å². The molecule has 1 heterocycles. The summed E-state index contributed by atoms with van der Waals surface area (Å²) in [6.07, 6.45) is -2.52. The van der Waals surface area contributed by atoms with Gasteiger partial charge in [-0.25, -0.2) is 0 Å². The predicted molar refractivity (Wildman–Crippen MR) is 62.5 cm³/mol. The Balaban J connectivity index is 2.20. The highest BCUT2D eigenvalue weighted by molar-refractivity contribution is 5.24. The summed E-state index contributed by atoms with van der Waals surface area (Å²) in [5, 5.41) is 28.7. The first-order chi connectivity index (χ1) is 8.11. The summed E-state index contributed by atoms with van der Waals surface area (Å²) < 4.78 is 5.58. The lowest BCUT2D eigenvalue weighted by Crippen LogP contribution is -2.44. The van der Waals surface area contributed by atoms with Gasteiger partial charge in [0.25, 0.3) is 0 Å². The predicted octanol–water partition coefficient (Wildman–Crippen LogP) is 0.539. The van der Waals surface area contributed by atoms with E-state index in [1.807, 2.05) is 31.2 Å². The quantitative estimate of drug-likeness (QED) is 0.703. The van der Waals surface area contributed by atoms with Gasteiger partial charge in [-0.1, -0.05) is 29.8 Å². The number of aliphatic hydroxyl groups is 3. The molecule has 1 aliphatic rings. The van der Waals surface area contributed by atoms with Gasteiger partial charge in [-0.15, -0.1) is 0 Å². The van der Waals surface area contributed by atoms with Crippen LogP contribution in [0.25, 0.3) is 0 Å². The third-order valence-electron chi connectivity index (χ3n) is 3.16. The van der Waals surface area contributed by atoms with E-state index in [9.17, 15) is 10.2 Å². The first kappa shape index (κ1) is 12.5. The molecule has 1 fully saturated rings. The van der Waals surface area contributed by atoms with Crippen LogP contribution in [-0.4, -0.2) is 40.2 Å². The van der Waals surface area contributed by atoms with Gasteiger partial charge in [0.2, 0.25) is 0 Å². The molecule has 0 amide bonds. The summed E-state index contributed by atoms with van der Waals surface area (Å²) in [6, 6.07) is 7.60. The molecule has 2 rings (SSSR count). The second-order valence-electron chi connectivity index (χ2n) is 4.57. The number of aryl methyl sites for hydroxylation is 1. The van der Waals surface area contributed by atoms with Gasteiger partial charge in [-0.2, -0.15) is 0 Å². The van der Waals surface area contributed by atoms with E-state index in [0.29, 0.717) is 0 Å². The average Bonchev–Trinajstić information content (AvgIpc) is 2.34. The zero-order valence-corrected chi connectivity index (χ0v) is 9.78. The summed E-state index contributed by atoms with van der Waals surface area (Å²) in [5.74, 6) is 0. The zero-order valence-electron chi connectivity index (χ0n) is 9.78. The first-order valence-electron chi connectivity index (χ1n) is 5.81. The second kappa shape index (κ2) is 5.14. The minimum atomic E-state index is -0.944. The van der Waals surface area contributed by atoms with Crippen LogP contribution in [0.3, 0.4) is 0 Å². The lowest BCUT2D eigenvalue weighted by atomic mass is 9.93. The molecule has 0 aliphatic carbocycles. The molecule has 4 heteroatoms. The molecule has 1 saturated heterocycles. The van der Waals surface area contributed by atoms with Crippen LogP contribution in [0.1, 0.15) is 23.7 Å². The molecule has 3 N–H and O–H groups in total. The van der Waals surface area contributed by atoms with Crippen molar-refractivity contribution in [1.82, 2.24) is 0 Å². The molecule has 0 bridgehead atoms. The van der Waals surface area contributed by atoms with Crippen molar-refractivity contribution in [3.8, 4) is 0 Å². The number of hydrogen-bond donors (Lipinski definition) is 3. The highest BCUT2D eigenvalue weighted by atomic mass is 16.5. The van der Waals surface area contributed by atoms with Gasteiger partial charge in [0.1, 0.15) is 12.2 Å². The Kier molecular flexibility index (Phi) is 3.79. The molecular weight excluding hydrogens is 220 g/mol. The average molecular weight is 238 g/mol. The van der Waals surface area contributed by atoms with Crippen LogP contribution in [0.4, 0.5) is 0 Å². The molecule has 1 aliphatic heterocycles. The molecule has 1 aromatic rings. The smallest absolute Gasteiger partial charge is 0.111 e. The van der Waals surface area contributed by atoms with E-state index in [4.69, 9.17) is 9.84 Å². The molecule has 0 aromatic heterocycles. The number of benzene rings is 1. The maximum absolute atomic E-state index is 9.92. The minimum Gasteiger partial charge on any atom is -0.394 e. The Hall–Kier alpha value is -0.940. The van der Waals surface area contributed by atoms with Gasteiger partial charge in [0, 0.05) is 6.42 Å². The molecule has 4 atom stereocenters. The van der Waals surface area contributed by atoms with Crippen molar-refractivity contribution < 1.29 is 20.1 Å². The van der Waals surface area contributed by atoms with Gasteiger partial charge >= 0.3 is 0 Å². The highest BCUT2D eigenvalue weighted by Crippen LogP contribution is 2.31. The first-order valence-corrected chi connectivity index (χ1v) is 5.81. The zero-order chi connectivity index (χ0) is 12.4. The Bertz CT molecular complexity index is 362. The fraction of sp³-hybridized carbons (Fsp3) is 0.538. The molecule has 17 heavy (non-hydrogen) atoms. The topological polar surface area (TPSA) is 69.9 Å². The fourth-order valence-electron chi connectivity index (χ4n) is 2.10. The second-order valence-corrected chi connectivity index (χ2v) is 4.57. The molecule has 0 radical (unpaired) electrons. The van der Waals surface area contributed by atoms with E-state index in [1.165, 1.54) is 0 Å². The molecule has 1 aromatic carbocycles. The molecule has 0 spiro atoms. The maximum Gasteiger partial charge on any atom is 0.111 e. The monoisotopic (exact) mass is 238 g/mol. The van der Waals surface area contributed by atoms with Crippen molar-refractivity contribution in [2.45, 2.75) is 37.8 Å². The number of rotatable bonds is 2. The van der Waals surface area contributed by atoms with Gasteiger partial charge in [-0.3, -0.25) is 0 Å². The summed E-state index contributed by atoms with van der Waals surface area (Å²) in [5.41, 5.74) is 1.94. The van der Waals surface area contributed by atoms with Crippen LogP contribution >= 0.6 is 0 Å². The van der Waals surface area contributed by atoms with Crippen LogP contribution in [0.5, 0.6) is 0 Å². The van der Waals surface area contributed by atoms with Crippen molar-refractivity contribution in [3.05, 3.63) is 35.4 Å². The van der Waals surface area contributed by atoms with Crippen LogP contribution < -0.4 is 0 Å². The van der Waals surface area contributed by atoms with E-state index < -0.39 is 24.4 Å². The van der Waals surface area contributed by atoms with Crippen molar-refractivity contribution in [3.63, 3.8) is 0 Å². The minimum absolute atomic E-state index is 0.147. The molecule has 94 valence electrons. The van der Waals surface area contributed by atoms with Crippen molar-refractivity contribution in [1.29, 1.82) is 0 Å². The van der Waals surface area contributed by atoms with E-state index in [-0.39, 0.29) is 13.0 Å². The largest absolute Gasteiger partial charge is 0.394 e. The maximum atomic E-state index is 9.92. The third-order valence-corrected chi connectivity index (χ3v) is 3.16. The SMILES string of the molecule is Cc1ccc(C2O[C@H](CO)C[C@H](O)[C@@H]2O)cc1.